The van der Waals surface area contributed by atoms with E-state index in [1.54, 1.807) is 11.3 Å². The molecule has 0 aromatic carbocycles. The summed E-state index contributed by atoms with van der Waals surface area (Å²) in [6, 6.07) is 0.705. The molecule has 1 aromatic rings. The van der Waals surface area contributed by atoms with Crippen LogP contribution in [0.3, 0.4) is 0 Å². The van der Waals surface area contributed by atoms with Gasteiger partial charge in [-0.3, -0.25) is 0 Å². The molecule has 4 nitrogen and oxygen atoms in total. The Morgan fingerprint density at radius 1 is 1.32 bits per heavy atom. The average molecular weight is 302 g/mol. The Morgan fingerprint density at radius 2 is 2.11 bits per heavy atom. The third-order valence-corrected chi connectivity index (χ3v) is 5.61. The number of sulfonamides is 1. The van der Waals surface area contributed by atoms with E-state index in [0.29, 0.717) is 12.6 Å². The van der Waals surface area contributed by atoms with Crippen molar-refractivity contribution in [2.24, 2.45) is 0 Å². The number of hydrogen-bond acceptors (Lipinski definition) is 4. The minimum absolute atomic E-state index is 0.225. The summed E-state index contributed by atoms with van der Waals surface area (Å²) < 4.78 is 26.3. The third-order valence-electron chi connectivity index (χ3n) is 3.29. The van der Waals surface area contributed by atoms with Crippen LogP contribution in [0.25, 0.3) is 0 Å². The fourth-order valence-corrected chi connectivity index (χ4v) is 3.80. The molecule has 108 valence electrons. The van der Waals surface area contributed by atoms with E-state index in [9.17, 15) is 8.42 Å². The lowest BCUT2D eigenvalue weighted by Gasteiger charge is -2.07. The first-order valence-electron chi connectivity index (χ1n) is 6.79. The maximum absolute atomic E-state index is 11.8. The van der Waals surface area contributed by atoms with Gasteiger partial charge in [-0.1, -0.05) is 0 Å². The van der Waals surface area contributed by atoms with Gasteiger partial charge in [-0.05, 0) is 61.0 Å². The predicted molar refractivity (Wildman–Crippen MR) is 79.9 cm³/mol. The number of unbranched alkanes of at least 4 members (excludes halogenated alkanes) is 1. The molecule has 0 unspecified atom stereocenters. The van der Waals surface area contributed by atoms with E-state index in [0.717, 1.165) is 30.5 Å². The van der Waals surface area contributed by atoms with Crippen LogP contribution in [-0.4, -0.2) is 26.8 Å². The molecule has 0 atom stereocenters. The largest absolute Gasteiger partial charge is 0.314 e. The highest BCUT2D eigenvalue weighted by Crippen LogP contribution is 2.18. The summed E-state index contributed by atoms with van der Waals surface area (Å²) in [5, 5.41) is 7.42. The summed E-state index contributed by atoms with van der Waals surface area (Å²) >= 11 is 1.61. The van der Waals surface area contributed by atoms with Crippen molar-refractivity contribution in [3.05, 3.63) is 21.9 Å². The number of thiophene rings is 1. The van der Waals surface area contributed by atoms with Crippen LogP contribution in [0.15, 0.2) is 10.8 Å². The quantitative estimate of drug-likeness (QED) is 0.686. The van der Waals surface area contributed by atoms with Crippen molar-refractivity contribution in [2.75, 3.05) is 12.3 Å². The summed E-state index contributed by atoms with van der Waals surface area (Å²) in [6.45, 7) is 3.35. The highest BCUT2D eigenvalue weighted by molar-refractivity contribution is 7.89. The molecule has 0 amide bonds. The Bertz CT molecular complexity index is 492. The highest BCUT2D eigenvalue weighted by Gasteiger charge is 2.19. The summed E-state index contributed by atoms with van der Waals surface area (Å²) in [5.41, 5.74) is 2.23. The Labute approximate surface area is 119 Å². The lowest BCUT2D eigenvalue weighted by Crippen LogP contribution is -2.26. The minimum atomic E-state index is -3.13. The van der Waals surface area contributed by atoms with Crippen LogP contribution >= 0.6 is 11.3 Å². The maximum Gasteiger partial charge on any atom is 0.211 e. The second-order valence-electron chi connectivity index (χ2n) is 5.16. The van der Waals surface area contributed by atoms with E-state index >= 15 is 0 Å². The van der Waals surface area contributed by atoms with Gasteiger partial charge in [0.25, 0.3) is 0 Å². The minimum Gasteiger partial charge on any atom is -0.314 e. The fourth-order valence-electron chi connectivity index (χ4n) is 1.84. The number of nitrogens with one attached hydrogen (secondary N) is 2. The molecule has 1 saturated carbocycles. The molecule has 1 aliphatic rings. The Balaban J connectivity index is 1.62. The topological polar surface area (TPSA) is 58.2 Å². The first-order chi connectivity index (χ1) is 9.07. The van der Waals surface area contributed by atoms with Gasteiger partial charge in [0.2, 0.25) is 10.0 Å². The molecule has 0 radical (unpaired) electrons. The standard InChI is InChI=1S/C13H22N2O2S2/c1-11-9-18-10-12(11)8-15-19(16,17)7-3-2-6-14-13-4-5-13/h9-10,13-15H,2-8H2,1H3. The van der Waals surface area contributed by atoms with Crippen molar-refractivity contribution in [3.8, 4) is 0 Å². The van der Waals surface area contributed by atoms with E-state index in [1.165, 1.54) is 12.8 Å². The fraction of sp³-hybridized carbons (Fsp3) is 0.692. The Kier molecular flexibility index (Phi) is 5.38. The van der Waals surface area contributed by atoms with Crippen LogP contribution in [0, 0.1) is 6.92 Å². The van der Waals surface area contributed by atoms with Gasteiger partial charge < -0.3 is 5.32 Å². The molecule has 1 heterocycles. The second-order valence-corrected chi connectivity index (χ2v) is 7.83. The van der Waals surface area contributed by atoms with Crippen LogP contribution in [0.5, 0.6) is 0 Å². The highest BCUT2D eigenvalue weighted by atomic mass is 32.2. The van der Waals surface area contributed by atoms with Gasteiger partial charge in [-0.25, -0.2) is 13.1 Å². The van der Waals surface area contributed by atoms with Crippen molar-refractivity contribution in [1.29, 1.82) is 0 Å². The number of hydrogen-bond donors (Lipinski definition) is 2. The number of rotatable bonds is 9. The van der Waals surface area contributed by atoms with Crippen LogP contribution in [0.4, 0.5) is 0 Å². The average Bonchev–Trinajstić information content (AvgIpc) is 3.08. The number of aryl methyl sites for hydroxylation is 1. The molecule has 6 heteroatoms. The van der Waals surface area contributed by atoms with Crippen LogP contribution in [0.1, 0.15) is 36.8 Å². The van der Waals surface area contributed by atoms with Crippen molar-refractivity contribution >= 4 is 21.4 Å². The van der Waals surface area contributed by atoms with Crippen LogP contribution < -0.4 is 10.0 Å². The maximum atomic E-state index is 11.8. The SMILES string of the molecule is Cc1cscc1CNS(=O)(=O)CCCCNC1CC1. The van der Waals surface area contributed by atoms with Gasteiger partial charge in [-0.2, -0.15) is 11.3 Å². The summed E-state index contributed by atoms with van der Waals surface area (Å²) in [4.78, 5) is 0. The van der Waals surface area contributed by atoms with Gasteiger partial charge in [0, 0.05) is 12.6 Å². The summed E-state index contributed by atoms with van der Waals surface area (Å²) in [6.07, 6.45) is 4.20. The lowest BCUT2D eigenvalue weighted by molar-refractivity contribution is 0.572. The molecule has 0 bridgehead atoms. The smallest absolute Gasteiger partial charge is 0.211 e. The molecule has 0 aliphatic heterocycles. The van der Waals surface area contributed by atoms with E-state index in [2.05, 4.69) is 10.0 Å². The summed E-state index contributed by atoms with van der Waals surface area (Å²) in [7, 11) is -3.13. The molecule has 1 aliphatic carbocycles. The normalized spacial score (nSPS) is 15.8. The van der Waals surface area contributed by atoms with Crippen molar-refractivity contribution < 1.29 is 8.42 Å². The zero-order valence-electron chi connectivity index (χ0n) is 11.3. The monoisotopic (exact) mass is 302 g/mol. The predicted octanol–water partition coefficient (Wildman–Crippen LogP) is 2.01. The third kappa shape index (κ3) is 5.60. The van der Waals surface area contributed by atoms with Gasteiger partial charge in [0.1, 0.15) is 0 Å². The molecule has 1 fully saturated rings. The zero-order valence-corrected chi connectivity index (χ0v) is 12.9. The van der Waals surface area contributed by atoms with Crippen molar-refractivity contribution in [1.82, 2.24) is 10.0 Å². The molecule has 1 aromatic heterocycles. The molecular formula is C13H22N2O2S2. The lowest BCUT2D eigenvalue weighted by atomic mass is 10.2. The van der Waals surface area contributed by atoms with E-state index in [1.807, 2.05) is 17.7 Å². The van der Waals surface area contributed by atoms with Crippen LogP contribution in [0.2, 0.25) is 0 Å². The van der Waals surface area contributed by atoms with Gasteiger partial charge in [-0.15, -0.1) is 0 Å². The van der Waals surface area contributed by atoms with Gasteiger partial charge in [0.15, 0.2) is 0 Å². The first kappa shape index (κ1) is 15.0. The molecule has 19 heavy (non-hydrogen) atoms. The Hall–Kier alpha value is -0.430. The molecule has 2 N–H and O–H groups in total. The molecular weight excluding hydrogens is 280 g/mol. The van der Waals surface area contributed by atoms with Crippen molar-refractivity contribution in [3.63, 3.8) is 0 Å². The first-order valence-corrected chi connectivity index (χ1v) is 9.39. The zero-order chi connectivity index (χ0) is 13.7. The molecule has 2 rings (SSSR count). The Morgan fingerprint density at radius 3 is 2.74 bits per heavy atom. The van der Waals surface area contributed by atoms with E-state index in [4.69, 9.17) is 0 Å². The van der Waals surface area contributed by atoms with E-state index in [-0.39, 0.29) is 5.75 Å². The van der Waals surface area contributed by atoms with Gasteiger partial charge >= 0.3 is 0 Å². The van der Waals surface area contributed by atoms with E-state index < -0.39 is 10.0 Å². The van der Waals surface area contributed by atoms with Gasteiger partial charge in [0.05, 0.1) is 5.75 Å². The molecule has 0 saturated heterocycles. The summed E-state index contributed by atoms with van der Waals surface area (Å²) in [5.74, 6) is 0.225. The van der Waals surface area contributed by atoms with Crippen molar-refractivity contribution in [2.45, 2.75) is 45.2 Å². The molecule has 0 spiro atoms. The second kappa shape index (κ2) is 6.83. The van der Waals surface area contributed by atoms with Crippen LogP contribution in [-0.2, 0) is 16.6 Å².